The van der Waals surface area contributed by atoms with E-state index in [0.29, 0.717) is 5.56 Å². The maximum absolute atomic E-state index is 10.9. The normalized spacial score (nSPS) is 11.6. The van der Waals surface area contributed by atoms with Gasteiger partial charge in [-0.2, -0.15) is 0 Å². The second kappa shape index (κ2) is 11.1. The van der Waals surface area contributed by atoms with Crippen LogP contribution in [-0.2, 0) is 0 Å². The van der Waals surface area contributed by atoms with E-state index in [9.17, 15) is 25.5 Å². The summed E-state index contributed by atoms with van der Waals surface area (Å²) >= 11 is 0. The van der Waals surface area contributed by atoms with Crippen molar-refractivity contribution in [1.29, 1.82) is 0 Å². The van der Waals surface area contributed by atoms with Gasteiger partial charge in [-0.25, -0.2) is 0 Å². The highest BCUT2D eigenvalue weighted by atomic mass is 16.4. The Morgan fingerprint density at radius 2 is 0.820 bits per heavy atom. The van der Waals surface area contributed by atoms with E-state index in [1.54, 1.807) is 6.07 Å². The van der Waals surface area contributed by atoms with Gasteiger partial charge in [-0.05, 0) is 73.1 Å². The van der Waals surface area contributed by atoms with Gasteiger partial charge in [-0.1, -0.05) is 121 Å². The van der Waals surface area contributed by atoms with Crippen LogP contribution in [0, 0.1) is 0 Å². The maximum atomic E-state index is 10.9. The minimum Gasteiger partial charge on any atom is -0.504 e. The van der Waals surface area contributed by atoms with Crippen molar-refractivity contribution in [2.24, 2.45) is 0 Å². The van der Waals surface area contributed by atoms with Crippen molar-refractivity contribution in [1.82, 2.24) is 0 Å². The number of hydrogen-bond acceptors (Lipinski definition) is 6. The monoisotopic (exact) mass is 652 g/mol. The molecule has 6 heteroatoms. The average molecular weight is 653 g/mol. The van der Waals surface area contributed by atoms with Crippen molar-refractivity contribution in [3.8, 4) is 73.3 Å². The van der Waals surface area contributed by atoms with E-state index in [1.807, 2.05) is 72.8 Å². The predicted molar refractivity (Wildman–Crippen MR) is 199 cm³/mol. The first-order chi connectivity index (χ1) is 24.4. The van der Waals surface area contributed by atoms with Gasteiger partial charge in [0.15, 0.2) is 11.5 Å². The molecule has 0 aliphatic carbocycles. The zero-order valence-corrected chi connectivity index (χ0v) is 26.4. The Morgan fingerprint density at radius 1 is 0.320 bits per heavy atom. The number of hydrogen-bond donors (Lipinski definition) is 5. The largest absolute Gasteiger partial charge is 0.504 e. The molecule has 0 radical (unpaired) electrons. The predicted octanol–water partition coefficient (Wildman–Crippen LogP) is 11.1. The summed E-state index contributed by atoms with van der Waals surface area (Å²) in [6, 6.07) is 46.3. The maximum Gasteiger partial charge on any atom is 0.208 e. The van der Waals surface area contributed by atoms with Crippen molar-refractivity contribution >= 4 is 43.5 Å². The lowest BCUT2D eigenvalue weighted by atomic mass is 9.84. The molecule has 0 saturated carbocycles. The lowest BCUT2D eigenvalue weighted by molar-refractivity contribution is 0.330. The summed E-state index contributed by atoms with van der Waals surface area (Å²) in [5.74, 6) is -4.35. The molecule has 0 bridgehead atoms. The summed E-state index contributed by atoms with van der Waals surface area (Å²) in [6.45, 7) is 0. The van der Waals surface area contributed by atoms with Gasteiger partial charge in [0.25, 0.3) is 0 Å². The van der Waals surface area contributed by atoms with Gasteiger partial charge >= 0.3 is 0 Å². The van der Waals surface area contributed by atoms with E-state index in [2.05, 4.69) is 60.7 Å². The van der Waals surface area contributed by atoms with Gasteiger partial charge in [-0.3, -0.25) is 0 Å². The van der Waals surface area contributed by atoms with E-state index >= 15 is 0 Å². The van der Waals surface area contributed by atoms with Crippen LogP contribution in [0.1, 0.15) is 0 Å². The third kappa shape index (κ3) is 4.29. The van der Waals surface area contributed by atoms with Crippen LogP contribution in [0.3, 0.4) is 0 Å². The Balaban J connectivity index is 1.37. The molecule has 50 heavy (non-hydrogen) atoms. The summed E-state index contributed by atoms with van der Waals surface area (Å²) in [5.41, 5.74) is 7.53. The number of phenols is 5. The van der Waals surface area contributed by atoms with Gasteiger partial charge in [0, 0.05) is 16.3 Å². The van der Waals surface area contributed by atoms with Crippen molar-refractivity contribution < 1.29 is 29.9 Å². The molecule has 1 heterocycles. The van der Waals surface area contributed by atoms with Crippen LogP contribution in [-0.4, -0.2) is 25.5 Å². The van der Waals surface area contributed by atoms with Crippen molar-refractivity contribution in [3.05, 3.63) is 140 Å². The highest BCUT2D eigenvalue weighted by Gasteiger charge is 2.26. The number of phenolic OH excluding ortho intramolecular Hbond substituents is 5. The second-order valence-electron chi connectivity index (χ2n) is 12.4. The van der Waals surface area contributed by atoms with Crippen LogP contribution < -0.4 is 0 Å². The lowest BCUT2D eigenvalue weighted by Gasteiger charge is -2.19. The fraction of sp³-hybridized carbons (Fsp3) is 0. The highest BCUT2D eigenvalue weighted by Crippen LogP contribution is 2.55. The molecule has 9 aromatic rings. The Kier molecular flexibility index (Phi) is 6.48. The van der Waals surface area contributed by atoms with E-state index < -0.39 is 28.7 Å². The first-order valence-corrected chi connectivity index (χ1v) is 16.1. The van der Waals surface area contributed by atoms with E-state index in [4.69, 9.17) is 4.42 Å². The van der Waals surface area contributed by atoms with Crippen molar-refractivity contribution in [3.63, 3.8) is 0 Å². The zero-order valence-electron chi connectivity index (χ0n) is 26.4. The minimum absolute atomic E-state index is 0.207. The Labute approximate surface area is 285 Å². The van der Waals surface area contributed by atoms with Crippen LogP contribution in [0.4, 0.5) is 0 Å². The quantitative estimate of drug-likeness (QED) is 0.0734. The van der Waals surface area contributed by atoms with E-state index in [0.717, 1.165) is 76.9 Å². The van der Waals surface area contributed by atoms with E-state index in [1.165, 1.54) is 0 Å². The summed E-state index contributed by atoms with van der Waals surface area (Å²) in [5, 5.41) is 58.4. The molecular formula is C44H28O6. The molecule has 1 aromatic heterocycles. The fourth-order valence-electron chi connectivity index (χ4n) is 7.32. The summed E-state index contributed by atoms with van der Waals surface area (Å²) < 4.78 is 6.63. The van der Waals surface area contributed by atoms with Crippen LogP contribution in [0.2, 0.25) is 0 Å². The molecule has 0 atom stereocenters. The Hall–Kier alpha value is -6.92. The van der Waals surface area contributed by atoms with Gasteiger partial charge in [0.05, 0.1) is 5.56 Å². The van der Waals surface area contributed by atoms with Gasteiger partial charge in [0.1, 0.15) is 11.2 Å². The molecule has 0 fully saturated rings. The van der Waals surface area contributed by atoms with E-state index in [-0.39, 0.29) is 5.56 Å². The molecule has 8 aromatic carbocycles. The number of aromatic hydroxyl groups is 5. The number of para-hydroxylation sites is 1. The number of furan rings is 1. The molecule has 0 unspecified atom stereocenters. The SMILES string of the molecule is Oc1c(O)c(O)c(-c2ccc3c(-c4ccccc4)c4ccccc4c(-c4ccc5c(c4)oc4c(-c6ccccc6)cccc45)c3c2)c(O)c1O. The average Bonchev–Trinajstić information content (AvgIpc) is 3.54. The second-order valence-corrected chi connectivity index (χ2v) is 12.4. The fourth-order valence-corrected chi connectivity index (χ4v) is 7.32. The van der Waals surface area contributed by atoms with Gasteiger partial charge in [0.2, 0.25) is 17.2 Å². The molecule has 0 aliphatic rings. The van der Waals surface area contributed by atoms with Crippen molar-refractivity contribution in [2.45, 2.75) is 0 Å². The first-order valence-electron chi connectivity index (χ1n) is 16.1. The molecule has 9 rings (SSSR count). The standard InChI is InChI=1S/C44H28O6/c45-39-38(40(46)42(48)43(49)41(39)47)26-19-21-32-34(22-26)37(31-15-8-7-14-30(31)36(32)25-12-5-2-6-13-25)27-18-20-29-33-17-9-16-28(24-10-3-1-4-11-24)44(33)50-35(29)23-27/h1-23,45-49H. The molecule has 5 N–H and O–H groups in total. The summed E-state index contributed by atoms with van der Waals surface area (Å²) in [4.78, 5) is 0. The topological polar surface area (TPSA) is 114 Å². The third-order valence-corrected chi connectivity index (χ3v) is 9.62. The minimum atomic E-state index is -1.00. The smallest absolute Gasteiger partial charge is 0.208 e. The first kappa shape index (κ1) is 29.2. The zero-order chi connectivity index (χ0) is 34.1. The molecular weight excluding hydrogens is 624 g/mol. The number of fused-ring (bicyclic) bond motifs is 5. The summed E-state index contributed by atoms with van der Waals surface area (Å²) in [7, 11) is 0. The molecule has 0 saturated heterocycles. The molecule has 6 nitrogen and oxygen atoms in total. The summed E-state index contributed by atoms with van der Waals surface area (Å²) in [6.07, 6.45) is 0. The van der Waals surface area contributed by atoms with Crippen LogP contribution >= 0.6 is 0 Å². The van der Waals surface area contributed by atoms with Gasteiger partial charge in [-0.15, -0.1) is 0 Å². The van der Waals surface area contributed by atoms with Crippen LogP contribution in [0.15, 0.2) is 144 Å². The third-order valence-electron chi connectivity index (χ3n) is 9.62. The van der Waals surface area contributed by atoms with Crippen LogP contribution in [0.5, 0.6) is 28.7 Å². The molecule has 0 spiro atoms. The Morgan fingerprint density at radius 3 is 1.48 bits per heavy atom. The Bertz CT molecular complexity index is 2770. The van der Waals surface area contributed by atoms with Gasteiger partial charge < -0.3 is 29.9 Å². The molecule has 0 aliphatic heterocycles. The highest BCUT2D eigenvalue weighted by molar-refractivity contribution is 6.22. The van der Waals surface area contributed by atoms with Crippen LogP contribution in [0.25, 0.3) is 88.0 Å². The van der Waals surface area contributed by atoms with Crippen molar-refractivity contribution in [2.75, 3.05) is 0 Å². The molecule has 240 valence electrons. The molecule has 0 amide bonds. The number of benzene rings is 8. The number of rotatable bonds is 4. The lowest BCUT2D eigenvalue weighted by Crippen LogP contribution is -1.92.